The zero-order chi connectivity index (χ0) is 46.2. The van der Waals surface area contributed by atoms with E-state index in [1.54, 1.807) is 109 Å². The van der Waals surface area contributed by atoms with Gasteiger partial charge in [0.05, 0.1) is 28.4 Å². The molecule has 0 radical (unpaired) electrons. The molecule has 2 fully saturated rings. The lowest BCUT2D eigenvalue weighted by atomic mass is 9.97. The average molecular weight is 913 g/mol. The molecule has 0 aromatic heterocycles. The number of amides is 4. The summed E-state index contributed by atoms with van der Waals surface area (Å²) in [4.78, 5) is 77.1. The number of carbonyl (C=O) groups is 6. The molecule has 2 aliphatic heterocycles. The van der Waals surface area contributed by atoms with Crippen molar-refractivity contribution in [3.8, 4) is 23.0 Å². The average Bonchev–Trinajstić information content (AvgIpc) is 3.72. The maximum atomic E-state index is 13.5. The second-order valence-electron chi connectivity index (χ2n) is 17.3. The van der Waals surface area contributed by atoms with Crippen LogP contribution in [0.2, 0.25) is 0 Å². The highest BCUT2D eigenvalue weighted by atomic mass is 32.2. The standard InChI is InChI=1S/C48H52N2O12S2/c1-47(2,3)43(53)61-37(31-10-8-12-35(24-31)57-7)26-58-34-20-16-30(17-21-34)23-40-42(52)50(46(56)64-40)28-60-36-13-9-11-32(25-36)38(62-44(54)48(4,5)6)27-59-33-18-14-29(15-19-33)22-39-41(51)49-45(55)63-39/h8-21,24-25,37-40H,22-23,26-28H2,1-7H3,(H,49,51,55)/t37-,38+,39?,40?/m0/s1. The van der Waals surface area contributed by atoms with E-state index >= 15 is 0 Å². The summed E-state index contributed by atoms with van der Waals surface area (Å²) in [5, 5.41) is 0.343. The smallest absolute Gasteiger partial charge is 0.311 e. The zero-order valence-electron chi connectivity index (χ0n) is 36.7. The van der Waals surface area contributed by atoms with Gasteiger partial charge in [-0.25, -0.2) is 4.90 Å². The van der Waals surface area contributed by atoms with Crippen LogP contribution in [0.3, 0.4) is 0 Å². The van der Waals surface area contributed by atoms with Crippen LogP contribution in [-0.2, 0) is 41.5 Å². The number of ether oxygens (including phenoxy) is 6. The molecule has 2 aliphatic rings. The quantitative estimate of drug-likeness (QED) is 0.0940. The Hall–Kier alpha value is -6.00. The Kier molecular flexibility index (Phi) is 15.3. The van der Waals surface area contributed by atoms with Gasteiger partial charge in [-0.3, -0.25) is 34.1 Å². The molecule has 2 heterocycles. The number of esters is 2. The van der Waals surface area contributed by atoms with Gasteiger partial charge in [0.1, 0.15) is 36.2 Å². The Bertz CT molecular complexity index is 2340. The van der Waals surface area contributed by atoms with E-state index in [0.717, 1.165) is 45.1 Å². The van der Waals surface area contributed by atoms with Crippen LogP contribution < -0.4 is 24.3 Å². The molecule has 338 valence electrons. The summed E-state index contributed by atoms with van der Waals surface area (Å²) in [6, 6.07) is 28.4. The summed E-state index contributed by atoms with van der Waals surface area (Å²) < 4.78 is 35.2. The van der Waals surface area contributed by atoms with Crippen molar-refractivity contribution in [1.29, 1.82) is 0 Å². The van der Waals surface area contributed by atoms with Crippen molar-refractivity contribution >= 4 is 57.8 Å². The molecule has 2 saturated heterocycles. The molecule has 16 heteroatoms. The number of benzene rings is 4. The fourth-order valence-corrected chi connectivity index (χ4v) is 8.16. The number of thioether (sulfide) groups is 2. The van der Waals surface area contributed by atoms with Crippen LogP contribution in [0.5, 0.6) is 23.0 Å². The van der Waals surface area contributed by atoms with Gasteiger partial charge in [-0.2, -0.15) is 0 Å². The monoisotopic (exact) mass is 912 g/mol. The van der Waals surface area contributed by atoms with Crippen molar-refractivity contribution in [2.45, 2.75) is 77.1 Å². The molecule has 0 bridgehead atoms. The van der Waals surface area contributed by atoms with Gasteiger partial charge < -0.3 is 28.4 Å². The largest absolute Gasteiger partial charge is 0.497 e. The van der Waals surface area contributed by atoms with E-state index in [4.69, 9.17) is 28.4 Å². The fraction of sp³-hybridized carbons (Fsp3) is 0.375. The second kappa shape index (κ2) is 20.7. The Morgan fingerprint density at radius 1 is 0.625 bits per heavy atom. The normalized spacial score (nSPS) is 17.4. The first-order valence-electron chi connectivity index (χ1n) is 20.6. The third-order valence-corrected chi connectivity index (χ3v) is 12.1. The molecule has 2 unspecified atom stereocenters. The van der Waals surface area contributed by atoms with Crippen LogP contribution in [0.15, 0.2) is 97.1 Å². The van der Waals surface area contributed by atoms with Crippen LogP contribution in [-0.4, -0.2) is 76.7 Å². The fourth-order valence-electron chi connectivity index (χ4n) is 6.28. The first-order chi connectivity index (χ1) is 30.4. The minimum Gasteiger partial charge on any atom is -0.497 e. The molecule has 4 aromatic rings. The molecule has 1 N–H and O–H groups in total. The third-order valence-electron chi connectivity index (χ3n) is 10.0. The van der Waals surface area contributed by atoms with Crippen LogP contribution in [0, 0.1) is 10.8 Å². The van der Waals surface area contributed by atoms with Crippen LogP contribution >= 0.6 is 23.5 Å². The summed E-state index contributed by atoms with van der Waals surface area (Å²) in [5.74, 6) is 0.492. The Morgan fingerprint density at radius 3 is 1.58 bits per heavy atom. The minimum atomic E-state index is -0.841. The van der Waals surface area contributed by atoms with E-state index in [-0.39, 0.29) is 43.0 Å². The summed E-state index contributed by atoms with van der Waals surface area (Å²) in [7, 11) is 1.56. The van der Waals surface area contributed by atoms with E-state index in [0.29, 0.717) is 41.4 Å². The van der Waals surface area contributed by atoms with Crippen molar-refractivity contribution in [2.24, 2.45) is 10.8 Å². The Balaban J connectivity index is 1.04. The summed E-state index contributed by atoms with van der Waals surface area (Å²) in [6.07, 6.45) is -0.860. The highest BCUT2D eigenvalue weighted by molar-refractivity contribution is 8.15. The van der Waals surface area contributed by atoms with E-state index < -0.39 is 44.7 Å². The minimum absolute atomic E-state index is 0.0365. The highest BCUT2D eigenvalue weighted by Gasteiger charge is 2.40. The number of rotatable bonds is 18. The van der Waals surface area contributed by atoms with Gasteiger partial charge in [0.2, 0.25) is 11.8 Å². The molecule has 14 nitrogen and oxygen atoms in total. The molecule has 6 rings (SSSR count). The summed E-state index contributed by atoms with van der Waals surface area (Å²) in [5.41, 5.74) is 1.44. The SMILES string of the molecule is COc1cccc([C@H](COc2ccc(CC3SC(=O)N(COc4cccc([C@@H](COc5ccc(CC6SC(=O)NC6=O)cc5)OC(=O)C(C)(C)C)c4)C3=O)cc2)OC(=O)C(C)(C)C)c1. The topological polar surface area (TPSA) is 173 Å². The van der Waals surface area contributed by atoms with Crippen LogP contribution in [0.25, 0.3) is 0 Å². The maximum absolute atomic E-state index is 13.5. The maximum Gasteiger partial charge on any atom is 0.311 e. The zero-order valence-corrected chi connectivity index (χ0v) is 38.4. The third kappa shape index (κ3) is 12.8. The van der Waals surface area contributed by atoms with Crippen LogP contribution in [0.4, 0.5) is 9.59 Å². The Labute approximate surface area is 381 Å². The van der Waals surface area contributed by atoms with E-state index in [1.807, 2.05) is 36.4 Å². The van der Waals surface area contributed by atoms with Gasteiger partial charge in [-0.05, 0) is 125 Å². The number of hydrogen-bond acceptors (Lipinski definition) is 14. The van der Waals surface area contributed by atoms with Crippen molar-refractivity contribution in [3.63, 3.8) is 0 Å². The van der Waals surface area contributed by atoms with E-state index in [2.05, 4.69) is 5.32 Å². The molecule has 0 saturated carbocycles. The molecule has 0 aliphatic carbocycles. The van der Waals surface area contributed by atoms with Gasteiger partial charge in [-0.15, -0.1) is 0 Å². The van der Waals surface area contributed by atoms with Gasteiger partial charge in [0.25, 0.3) is 10.5 Å². The number of nitrogens with one attached hydrogen (secondary N) is 1. The lowest BCUT2D eigenvalue weighted by molar-refractivity contribution is -0.161. The molecular formula is C48H52N2O12S2. The predicted molar refractivity (Wildman–Crippen MR) is 241 cm³/mol. The lowest BCUT2D eigenvalue weighted by Gasteiger charge is -2.24. The second-order valence-corrected chi connectivity index (χ2v) is 19.6. The first kappa shape index (κ1) is 47.5. The highest BCUT2D eigenvalue weighted by Crippen LogP contribution is 2.33. The first-order valence-corrected chi connectivity index (χ1v) is 22.4. The summed E-state index contributed by atoms with van der Waals surface area (Å²) in [6.45, 7) is 10.3. The predicted octanol–water partition coefficient (Wildman–Crippen LogP) is 8.65. The number of nitrogens with zero attached hydrogens (tertiary/aromatic N) is 1. The number of imide groups is 2. The molecule has 0 spiro atoms. The van der Waals surface area contributed by atoms with Crippen LogP contribution in [0.1, 0.15) is 76.0 Å². The molecule has 4 atom stereocenters. The van der Waals surface area contributed by atoms with Gasteiger partial charge in [-0.1, -0.05) is 72.1 Å². The van der Waals surface area contributed by atoms with Crippen molar-refractivity contribution < 1.29 is 57.2 Å². The lowest BCUT2D eigenvalue weighted by Crippen LogP contribution is -2.35. The molecule has 4 amide bonds. The number of methoxy groups -OCH3 is 1. The van der Waals surface area contributed by atoms with Gasteiger partial charge in [0, 0.05) is 0 Å². The van der Waals surface area contributed by atoms with Crippen molar-refractivity contribution in [1.82, 2.24) is 10.2 Å². The molecule has 64 heavy (non-hydrogen) atoms. The molecular weight excluding hydrogens is 861 g/mol. The Morgan fingerprint density at radius 2 is 1.11 bits per heavy atom. The van der Waals surface area contributed by atoms with Crippen molar-refractivity contribution in [3.05, 3.63) is 119 Å². The van der Waals surface area contributed by atoms with Gasteiger partial charge in [0.15, 0.2) is 18.9 Å². The summed E-state index contributed by atoms with van der Waals surface area (Å²) >= 11 is 1.90. The van der Waals surface area contributed by atoms with Gasteiger partial charge >= 0.3 is 11.9 Å². The van der Waals surface area contributed by atoms with E-state index in [9.17, 15) is 28.8 Å². The number of hydrogen-bond donors (Lipinski definition) is 1. The van der Waals surface area contributed by atoms with E-state index in [1.165, 1.54) is 0 Å². The number of carbonyl (C=O) groups excluding carboxylic acids is 6. The van der Waals surface area contributed by atoms with Crippen molar-refractivity contribution in [2.75, 3.05) is 27.1 Å². The molecule has 4 aromatic carbocycles.